The summed E-state index contributed by atoms with van der Waals surface area (Å²) in [4.78, 5) is 7.76. The van der Waals surface area contributed by atoms with E-state index in [2.05, 4.69) is 9.97 Å². The zero-order valence-corrected chi connectivity index (χ0v) is 9.17. The second kappa shape index (κ2) is 3.88. The molecule has 5 heteroatoms. The number of hydrogen-bond donors (Lipinski definition) is 0. The molecule has 0 saturated carbocycles. The van der Waals surface area contributed by atoms with E-state index < -0.39 is 9.84 Å². The van der Waals surface area contributed by atoms with Crippen molar-refractivity contribution < 1.29 is 8.42 Å². The van der Waals surface area contributed by atoms with Gasteiger partial charge in [-0.15, -0.1) is 0 Å². The Labute approximate surface area is 83.6 Å². The summed E-state index contributed by atoms with van der Waals surface area (Å²) in [5.41, 5.74) is 1.26. The summed E-state index contributed by atoms with van der Waals surface area (Å²) in [6, 6.07) is 1.73. The van der Waals surface area contributed by atoms with Gasteiger partial charge in [0, 0.05) is 11.9 Å². The third kappa shape index (κ3) is 2.63. The van der Waals surface area contributed by atoms with Crippen LogP contribution in [0.3, 0.4) is 0 Å². The predicted octanol–water partition coefficient (Wildman–Crippen LogP) is 1.22. The van der Waals surface area contributed by atoms with E-state index >= 15 is 0 Å². The summed E-state index contributed by atoms with van der Waals surface area (Å²) in [6.07, 6.45) is 4.64. The van der Waals surface area contributed by atoms with E-state index in [0.29, 0.717) is 11.4 Å². The van der Waals surface area contributed by atoms with Crippen LogP contribution >= 0.6 is 0 Å². The number of rotatable bonds is 2. The summed E-state index contributed by atoms with van der Waals surface area (Å²) in [5.74, 6) is 0. The van der Waals surface area contributed by atoms with E-state index in [1.54, 1.807) is 25.1 Å². The van der Waals surface area contributed by atoms with E-state index in [1.807, 2.05) is 6.92 Å². The first-order chi connectivity index (χ1) is 6.43. The Morgan fingerprint density at radius 2 is 2.00 bits per heavy atom. The lowest BCUT2D eigenvalue weighted by Gasteiger charge is -2.00. The Hall–Kier alpha value is -1.23. The fraction of sp³-hybridized carbons (Fsp3) is 0.333. The fourth-order valence-electron chi connectivity index (χ4n) is 0.987. The molecule has 0 aliphatic heterocycles. The van der Waals surface area contributed by atoms with Gasteiger partial charge in [-0.25, -0.2) is 18.4 Å². The topological polar surface area (TPSA) is 59.9 Å². The highest BCUT2D eigenvalue weighted by atomic mass is 32.2. The maximum absolute atomic E-state index is 11.2. The number of aromatic nitrogens is 2. The number of nitrogens with zero attached hydrogens (tertiary/aromatic N) is 2. The first kappa shape index (κ1) is 10.8. The first-order valence-electron chi connectivity index (χ1n) is 4.12. The Bertz CT molecular complexity index is 464. The molecule has 1 aromatic heterocycles. The zero-order valence-electron chi connectivity index (χ0n) is 8.35. The third-order valence-corrected chi connectivity index (χ3v) is 2.37. The van der Waals surface area contributed by atoms with Gasteiger partial charge in [-0.1, -0.05) is 6.08 Å². The minimum Gasteiger partial charge on any atom is -0.224 e. The number of sulfone groups is 1. The van der Waals surface area contributed by atoms with Crippen molar-refractivity contribution in [2.45, 2.75) is 19.0 Å². The van der Waals surface area contributed by atoms with E-state index in [0.717, 1.165) is 6.26 Å². The van der Waals surface area contributed by atoms with Crippen LogP contribution in [0.2, 0.25) is 0 Å². The van der Waals surface area contributed by atoms with Gasteiger partial charge >= 0.3 is 0 Å². The first-order valence-corrected chi connectivity index (χ1v) is 6.01. The van der Waals surface area contributed by atoms with Crippen molar-refractivity contribution in [3.8, 4) is 0 Å². The van der Waals surface area contributed by atoms with Gasteiger partial charge in [0.1, 0.15) is 0 Å². The highest BCUT2D eigenvalue weighted by Gasteiger charge is 2.11. The van der Waals surface area contributed by atoms with Crippen LogP contribution in [-0.2, 0) is 9.84 Å². The molecule has 0 amide bonds. The molecule has 4 nitrogen and oxygen atoms in total. The van der Waals surface area contributed by atoms with Crippen LogP contribution in [0.4, 0.5) is 0 Å². The van der Waals surface area contributed by atoms with Crippen molar-refractivity contribution in [1.29, 1.82) is 0 Å². The lowest BCUT2D eigenvalue weighted by atomic mass is 10.3. The van der Waals surface area contributed by atoms with Gasteiger partial charge in [-0.05, 0) is 26.0 Å². The Morgan fingerprint density at radius 1 is 1.36 bits per heavy atom. The maximum atomic E-state index is 11.2. The molecule has 0 unspecified atom stereocenters. The predicted molar refractivity (Wildman–Crippen MR) is 54.6 cm³/mol. The summed E-state index contributed by atoms with van der Waals surface area (Å²) in [6.45, 7) is 3.58. The van der Waals surface area contributed by atoms with Crippen molar-refractivity contribution in [3.63, 3.8) is 0 Å². The lowest BCUT2D eigenvalue weighted by molar-refractivity contribution is 0.592. The third-order valence-electron chi connectivity index (χ3n) is 1.52. The van der Waals surface area contributed by atoms with Crippen molar-refractivity contribution >= 4 is 15.9 Å². The smallest absolute Gasteiger partial charge is 0.224 e. The molecular formula is C9H12N2O2S. The molecule has 0 bridgehead atoms. The second-order valence-electron chi connectivity index (χ2n) is 2.99. The average Bonchev–Trinajstić information content (AvgIpc) is 2.02. The second-order valence-corrected chi connectivity index (χ2v) is 4.90. The van der Waals surface area contributed by atoms with Gasteiger partial charge in [-0.3, -0.25) is 0 Å². The molecule has 0 aliphatic carbocycles. The van der Waals surface area contributed by atoms with Crippen LogP contribution in [0, 0.1) is 6.92 Å². The molecule has 1 rings (SSSR count). The highest BCUT2D eigenvalue weighted by Crippen LogP contribution is 2.07. The SMILES string of the molecule is CC=Cc1cc(C)nc(S(C)(=O)=O)n1. The van der Waals surface area contributed by atoms with Gasteiger partial charge < -0.3 is 0 Å². The summed E-state index contributed by atoms with van der Waals surface area (Å²) < 4.78 is 22.4. The molecular weight excluding hydrogens is 200 g/mol. The van der Waals surface area contributed by atoms with Crippen LogP contribution in [0.25, 0.3) is 6.08 Å². The van der Waals surface area contributed by atoms with Gasteiger partial charge in [0.25, 0.3) is 0 Å². The molecule has 0 radical (unpaired) electrons. The van der Waals surface area contributed by atoms with Crippen LogP contribution in [-0.4, -0.2) is 24.6 Å². The van der Waals surface area contributed by atoms with E-state index in [1.165, 1.54) is 0 Å². The largest absolute Gasteiger partial charge is 0.247 e. The number of allylic oxidation sites excluding steroid dienone is 1. The van der Waals surface area contributed by atoms with Crippen LogP contribution in [0.1, 0.15) is 18.3 Å². The molecule has 0 aliphatic rings. The number of aryl methyl sites for hydroxylation is 1. The maximum Gasteiger partial charge on any atom is 0.247 e. The van der Waals surface area contributed by atoms with Crippen LogP contribution in [0.5, 0.6) is 0 Å². The van der Waals surface area contributed by atoms with Crippen LogP contribution in [0.15, 0.2) is 17.3 Å². The molecule has 14 heavy (non-hydrogen) atoms. The molecule has 0 N–H and O–H groups in total. The summed E-state index contributed by atoms with van der Waals surface area (Å²) in [5, 5.41) is -0.120. The van der Waals surface area contributed by atoms with Gasteiger partial charge in [-0.2, -0.15) is 0 Å². The van der Waals surface area contributed by atoms with Crippen molar-refractivity contribution in [1.82, 2.24) is 9.97 Å². The molecule has 76 valence electrons. The monoisotopic (exact) mass is 212 g/mol. The average molecular weight is 212 g/mol. The molecule has 0 aromatic carbocycles. The Kier molecular flexibility index (Phi) is 3.00. The summed E-state index contributed by atoms with van der Waals surface area (Å²) in [7, 11) is -3.32. The van der Waals surface area contributed by atoms with Crippen molar-refractivity contribution in [2.24, 2.45) is 0 Å². The Morgan fingerprint density at radius 3 is 2.50 bits per heavy atom. The minimum absolute atomic E-state index is 0.120. The Balaban J connectivity index is 3.35. The lowest BCUT2D eigenvalue weighted by Crippen LogP contribution is -2.06. The zero-order chi connectivity index (χ0) is 10.8. The van der Waals surface area contributed by atoms with Crippen LogP contribution < -0.4 is 0 Å². The van der Waals surface area contributed by atoms with Gasteiger partial charge in [0.2, 0.25) is 15.0 Å². The van der Waals surface area contributed by atoms with Crippen molar-refractivity contribution in [3.05, 3.63) is 23.5 Å². The molecule has 0 atom stereocenters. The minimum atomic E-state index is -3.32. The number of hydrogen-bond acceptors (Lipinski definition) is 4. The van der Waals surface area contributed by atoms with E-state index in [4.69, 9.17) is 0 Å². The van der Waals surface area contributed by atoms with E-state index in [-0.39, 0.29) is 5.16 Å². The highest BCUT2D eigenvalue weighted by molar-refractivity contribution is 7.90. The molecule has 0 saturated heterocycles. The van der Waals surface area contributed by atoms with E-state index in [9.17, 15) is 8.42 Å². The quantitative estimate of drug-likeness (QED) is 0.692. The normalized spacial score (nSPS) is 12.2. The standard InChI is InChI=1S/C9H12N2O2S/c1-4-5-8-6-7(2)10-9(11-8)14(3,12)13/h4-6H,1-3H3. The molecule has 0 fully saturated rings. The molecule has 1 aromatic rings. The molecule has 1 heterocycles. The van der Waals surface area contributed by atoms with Crippen molar-refractivity contribution in [2.75, 3.05) is 6.26 Å². The molecule has 0 spiro atoms. The van der Waals surface area contributed by atoms with Gasteiger partial charge in [0.05, 0.1) is 5.69 Å². The fourth-order valence-corrected chi connectivity index (χ4v) is 1.57. The summed E-state index contributed by atoms with van der Waals surface area (Å²) >= 11 is 0. The van der Waals surface area contributed by atoms with Gasteiger partial charge in [0.15, 0.2) is 0 Å².